The molecule has 0 saturated carbocycles. The summed E-state index contributed by atoms with van der Waals surface area (Å²) in [5, 5.41) is 22.1. The topological polar surface area (TPSA) is 88.9 Å². The van der Waals surface area contributed by atoms with Crippen molar-refractivity contribution in [1.29, 1.82) is 5.26 Å². The monoisotopic (exact) mass is 283 g/mol. The number of nitriles is 1. The maximum absolute atomic E-state index is 11.5. The lowest BCUT2D eigenvalue weighted by Gasteiger charge is -2.05. The van der Waals surface area contributed by atoms with Crippen LogP contribution in [0.5, 0.6) is 5.75 Å². The van der Waals surface area contributed by atoms with Gasteiger partial charge < -0.3 is 15.4 Å². The Morgan fingerprint density at radius 3 is 2.75 bits per heavy atom. The van der Waals surface area contributed by atoms with Gasteiger partial charge in [-0.3, -0.25) is 4.79 Å². The lowest BCUT2D eigenvalue weighted by molar-refractivity contribution is 0.481. The number of para-hydroxylation sites is 1. The van der Waals surface area contributed by atoms with E-state index in [-0.39, 0.29) is 5.75 Å². The molecule has 0 unspecified atom stereocenters. The van der Waals surface area contributed by atoms with Crippen LogP contribution in [0, 0.1) is 11.3 Å². The van der Waals surface area contributed by atoms with Crippen molar-refractivity contribution < 1.29 is 5.11 Å². The zero-order chi connectivity index (χ0) is 14.1. The van der Waals surface area contributed by atoms with Crippen molar-refractivity contribution in [3.8, 4) is 11.8 Å². The number of hydrogen-bond donors (Lipinski definition) is 3. The number of rotatable bonds is 2. The lowest BCUT2D eigenvalue weighted by Crippen LogP contribution is -2.03. The molecule has 0 spiro atoms. The third kappa shape index (κ3) is 2.00. The molecule has 1 aromatic carbocycles. The van der Waals surface area contributed by atoms with E-state index in [4.69, 9.17) is 0 Å². The fraction of sp³-hybridized carbons (Fsp3) is 0. The number of aromatic nitrogens is 1. The predicted molar refractivity (Wildman–Crippen MR) is 78.6 cm³/mol. The molecule has 3 N–H and O–H groups in total. The maximum atomic E-state index is 11.5. The molecular weight excluding hydrogens is 274 g/mol. The minimum atomic E-state index is -0.409. The van der Waals surface area contributed by atoms with E-state index in [0.29, 0.717) is 20.8 Å². The first-order valence-corrected chi connectivity index (χ1v) is 6.61. The molecule has 0 bridgehead atoms. The van der Waals surface area contributed by atoms with Gasteiger partial charge in [0.15, 0.2) is 0 Å². The summed E-state index contributed by atoms with van der Waals surface area (Å²) in [6.45, 7) is 0. The molecule has 0 aliphatic rings. The maximum Gasteiger partial charge on any atom is 0.252 e. The SMILES string of the molecule is N#Cc1sc2c(O)cc(=O)[nH]c2c1Nc1ccccc1. The van der Waals surface area contributed by atoms with E-state index in [1.54, 1.807) is 0 Å². The number of anilines is 2. The molecule has 0 atom stereocenters. The van der Waals surface area contributed by atoms with Gasteiger partial charge in [-0.25, -0.2) is 0 Å². The lowest BCUT2D eigenvalue weighted by atomic mass is 10.2. The first-order chi connectivity index (χ1) is 9.69. The van der Waals surface area contributed by atoms with Crippen LogP contribution in [0.2, 0.25) is 0 Å². The Morgan fingerprint density at radius 1 is 1.30 bits per heavy atom. The van der Waals surface area contributed by atoms with Crippen LogP contribution >= 0.6 is 11.3 Å². The average molecular weight is 283 g/mol. The number of aromatic amines is 1. The Balaban J connectivity index is 2.23. The second-order valence-corrected chi connectivity index (χ2v) is 5.15. The number of benzene rings is 1. The Hall–Kier alpha value is -2.78. The third-order valence-corrected chi connectivity index (χ3v) is 3.92. The van der Waals surface area contributed by atoms with Crippen LogP contribution < -0.4 is 10.9 Å². The van der Waals surface area contributed by atoms with E-state index in [0.717, 1.165) is 23.1 Å². The average Bonchev–Trinajstić information content (AvgIpc) is 2.78. The van der Waals surface area contributed by atoms with E-state index < -0.39 is 5.56 Å². The highest BCUT2D eigenvalue weighted by molar-refractivity contribution is 7.20. The van der Waals surface area contributed by atoms with E-state index in [1.165, 1.54) is 0 Å². The Bertz CT molecular complexity index is 875. The first-order valence-electron chi connectivity index (χ1n) is 5.80. The molecule has 0 fully saturated rings. The van der Waals surface area contributed by atoms with E-state index in [2.05, 4.69) is 16.4 Å². The molecule has 5 nitrogen and oxygen atoms in total. The number of hydrogen-bond acceptors (Lipinski definition) is 5. The second-order valence-electron chi connectivity index (χ2n) is 4.13. The number of aromatic hydroxyl groups is 1. The third-order valence-electron chi connectivity index (χ3n) is 2.80. The van der Waals surface area contributed by atoms with Gasteiger partial charge in [0, 0.05) is 11.8 Å². The summed E-state index contributed by atoms with van der Waals surface area (Å²) >= 11 is 1.13. The Kier molecular flexibility index (Phi) is 2.89. The number of H-pyrrole nitrogens is 1. The van der Waals surface area contributed by atoms with Gasteiger partial charge in [0.1, 0.15) is 16.7 Å². The minimum Gasteiger partial charge on any atom is -0.506 e. The molecule has 0 radical (unpaired) electrons. The molecule has 2 heterocycles. The minimum absolute atomic E-state index is 0.119. The van der Waals surface area contributed by atoms with Gasteiger partial charge >= 0.3 is 0 Å². The van der Waals surface area contributed by atoms with E-state index in [9.17, 15) is 15.2 Å². The zero-order valence-electron chi connectivity index (χ0n) is 10.2. The molecule has 20 heavy (non-hydrogen) atoms. The van der Waals surface area contributed by atoms with Gasteiger partial charge in [-0.15, -0.1) is 11.3 Å². The van der Waals surface area contributed by atoms with Gasteiger partial charge in [0.05, 0.1) is 15.9 Å². The highest BCUT2D eigenvalue weighted by atomic mass is 32.1. The highest BCUT2D eigenvalue weighted by Crippen LogP contribution is 2.39. The number of fused-ring (bicyclic) bond motifs is 1. The number of nitrogens with zero attached hydrogens (tertiary/aromatic N) is 1. The zero-order valence-corrected chi connectivity index (χ0v) is 11.0. The summed E-state index contributed by atoms with van der Waals surface area (Å²) in [6, 6.07) is 12.5. The van der Waals surface area contributed by atoms with Crippen LogP contribution in [0.4, 0.5) is 11.4 Å². The summed E-state index contributed by atoms with van der Waals surface area (Å²) in [7, 11) is 0. The quantitative estimate of drug-likeness (QED) is 0.674. The van der Waals surface area contributed by atoms with Crippen molar-refractivity contribution in [2.45, 2.75) is 0 Å². The van der Waals surface area contributed by atoms with E-state index in [1.807, 2.05) is 30.3 Å². The number of nitrogens with one attached hydrogen (secondary N) is 2. The fourth-order valence-corrected chi connectivity index (χ4v) is 2.87. The van der Waals surface area contributed by atoms with Crippen LogP contribution in [-0.2, 0) is 0 Å². The summed E-state index contributed by atoms with van der Waals surface area (Å²) in [4.78, 5) is 14.5. The molecular formula is C14H9N3O2S. The van der Waals surface area contributed by atoms with Crippen molar-refractivity contribution in [3.63, 3.8) is 0 Å². The fourth-order valence-electron chi connectivity index (χ4n) is 1.94. The van der Waals surface area contributed by atoms with Crippen molar-refractivity contribution in [3.05, 3.63) is 51.6 Å². The van der Waals surface area contributed by atoms with Crippen LogP contribution in [-0.4, -0.2) is 10.1 Å². The predicted octanol–water partition coefficient (Wildman–Crippen LogP) is 2.91. The van der Waals surface area contributed by atoms with E-state index >= 15 is 0 Å². The standard InChI is InChI=1S/C14H9N3O2S/c15-7-10-12(16-8-4-2-1-3-5-8)13-14(20-10)9(18)6-11(19)17-13/h1-6,16H,(H2,17,18,19). The molecule has 6 heteroatoms. The van der Waals surface area contributed by atoms with Gasteiger partial charge in [-0.1, -0.05) is 18.2 Å². The largest absolute Gasteiger partial charge is 0.506 e. The normalized spacial score (nSPS) is 10.3. The molecule has 3 rings (SSSR count). The van der Waals surface area contributed by atoms with Crippen LogP contribution in [0.1, 0.15) is 4.88 Å². The molecule has 0 saturated heterocycles. The Labute approximate surface area is 117 Å². The van der Waals surface area contributed by atoms with Gasteiger partial charge in [-0.2, -0.15) is 5.26 Å². The molecule has 0 aliphatic carbocycles. The molecule has 0 aliphatic heterocycles. The number of pyridine rings is 1. The van der Waals surface area contributed by atoms with Crippen molar-refractivity contribution in [2.75, 3.05) is 5.32 Å². The van der Waals surface area contributed by atoms with Crippen molar-refractivity contribution >= 4 is 32.9 Å². The first kappa shape index (κ1) is 12.3. The van der Waals surface area contributed by atoms with Crippen molar-refractivity contribution in [1.82, 2.24) is 4.98 Å². The molecule has 3 aromatic rings. The number of thiophene rings is 1. The summed E-state index contributed by atoms with van der Waals surface area (Å²) in [5.41, 5.74) is 1.34. The van der Waals surface area contributed by atoms with Crippen molar-refractivity contribution in [2.24, 2.45) is 0 Å². The molecule has 0 amide bonds. The molecule has 2 aromatic heterocycles. The smallest absolute Gasteiger partial charge is 0.252 e. The van der Waals surface area contributed by atoms with Crippen LogP contribution in [0.15, 0.2) is 41.2 Å². The van der Waals surface area contributed by atoms with Crippen LogP contribution in [0.25, 0.3) is 10.2 Å². The molecule has 98 valence electrons. The second kappa shape index (κ2) is 4.72. The summed E-state index contributed by atoms with van der Waals surface area (Å²) in [5.74, 6) is -0.119. The van der Waals surface area contributed by atoms with Gasteiger partial charge in [0.25, 0.3) is 5.56 Å². The van der Waals surface area contributed by atoms with Gasteiger partial charge in [-0.05, 0) is 12.1 Å². The van der Waals surface area contributed by atoms with Crippen LogP contribution in [0.3, 0.4) is 0 Å². The Morgan fingerprint density at radius 2 is 2.05 bits per heavy atom. The summed E-state index contributed by atoms with van der Waals surface area (Å²) in [6.07, 6.45) is 0. The van der Waals surface area contributed by atoms with Gasteiger partial charge in [0.2, 0.25) is 0 Å². The highest BCUT2D eigenvalue weighted by Gasteiger charge is 2.16. The summed E-state index contributed by atoms with van der Waals surface area (Å²) < 4.78 is 0.486.